The van der Waals surface area contributed by atoms with Crippen LogP contribution in [0.15, 0.2) is 23.1 Å². The summed E-state index contributed by atoms with van der Waals surface area (Å²) in [5.74, 6) is 1.45. The van der Waals surface area contributed by atoms with Crippen molar-refractivity contribution in [3.63, 3.8) is 0 Å². The lowest BCUT2D eigenvalue weighted by Crippen LogP contribution is -2.26. The molecule has 0 unspecified atom stereocenters. The van der Waals surface area contributed by atoms with Crippen LogP contribution in [0.5, 0.6) is 5.75 Å². The van der Waals surface area contributed by atoms with Gasteiger partial charge in [-0.25, -0.2) is 13.1 Å². The molecule has 18 heavy (non-hydrogen) atoms. The van der Waals surface area contributed by atoms with Crippen molar-refractivity contribution in [2.45, 2.75) is 11.3 Å². The summed E-state index contributed by atoms with van der Waals surface area (Å²) in [7, 11) is -2.03. The van der Waals surface area contributed by atoms with Gasteiger partial charge in [0.2, 0.25) is 10.0 Å². The summed E-state index contributed by atoms with van der Waals surface area (Å²) >= 11 is 1.68. The lowest BCUT2D eigenvalue weighted by molar-refractivity contribution is 0.414. The molecule has 0 aliphatic rings. The summed E-state index contributed by atoms with van der Waals surface area (Å²) in [5, 5.41) is 0. The Labute approximate surface area is 112 Å². The van der Waals surface area contributed by atoms with E-state index in [0.29, 0.717) is 12.3 Å². The number of hydrogen-bond acceptors (Lipinski definition) is 5. The van der Waals surface area contributed by atoms with Crippen LogP contribution in [0.25, 0.3) is 0 Å². The highest BCUT2D eigenvalue weighted by Gasteiger charge is 2.17. The molecule has 1 aromatic rings. The number of benzene rings is 1. The smallest absolute Gasteiger partial charge is 0.242 e. The first-order valence-electron chi connectivity index (χ1n) is 5.43. The van der Waals surface area contributed by atoms with Crippen molar-refractivity contribution >= 4 is 27.5 Å². The van der Waals surface area contributed by atoms with E-state index >= 15 is 0 Å². The van der Waals surface area contributed by atoms with Crippen LogP contribution in [0.4, 0.5) is 5.69 Å². The van der Waals surface area contributed by atoms with Crippen LogP contribution in [0.3, 0.4) is 0 Å². The van der Waals surface area contributed by atoms with E-state index in [0.717, 1.165) is 12.2 Å². The van der Waals surface area contributed by atoms with Crippen molar-refractivity contribution in [1.82, 2.24) is 4.72 Å². The van der Waals surface area contributed by atoms with E-state index in [1.54, 1.807) is 17.8 Å². The van der Waals surface area contributed by atoms with Gasteiger partial charge in [-0.1, -0.05) is 0 Å². The van der Waals surface area contributed by atoms with Crippen LogP contribution in [0.2, 0.25) is 0 Å². The lowest BCUT2D eigenvalue weighted by Gasteiger charge is -2.10. The van der Waals surface area contributed by atoms with Gasteiger partial charge >= 0.3 is 0 Å². The number of hydrogen-bond donors (Lipinski definition) is 2. The van der Waals surface area contributed by atoms with E-state index in [4.69, 9.17) is 10.5 Å². The van der Waals surface area contributed by atoms with Gasteiger partial charge in [-0.05, 0) is 30.6 Å². The molecule has 0 atom stereocenters. The Morgan fingerprint density at radius 3 is 2.72 bits per heavy atom. The van der Waals surface area contributed by atoms with Crippen molar-refractivity contribution < 1.29 is 13.2 Å². The summed E-state index contributed by atoms with van der Waals surface area (Å²) in [6.45, 7) is 0.411. The van der Waals surface area contributed by atoms with Crippen LogP contribution in [0.1, 0.15) is 6.42 Å². The second-order valence-electron chi connectivity index (χ2n) is 3.65. The monoisotopic (exact) mass is 290 g/mol. The Balaban J connectivity index is 2.78. The maximum atomic E-state index is 12.0. The predicted octanol–water partition coefficient (Wildman–Crippen LogP) is 1.31. The maximum absolute atomic E-state index is 12.0. The van der Waals surface area contributed by atoms with E-state index in [1.165, 1.54) is 19.2 Å². The van der Waals surface area contributed by atoms with Crippen molar-refractivity contribution in [2.24, 2.45) is 0 Å². The summed E-state index contributed by atoms with van der Waals surface area (Å²) < 4.78 is 31.5. The third-order valence-electron chi connectivity index (χ3n) is 2.32. The van der Waals surface area contributed by atoms with Crippen molar-refractivity contribution in [1.29, 1.82) is 0 Å². The number of anilines is 1. The molecular weight excluding hydrogens is 272 g/mol. The standard InChI is InChI=1S/C11H18N2O3S2/c1-16-9-4-5-11(10(12)8-9)18(14,15)13-6-3-7-17-2/h4-5,8,13H,3,6-7,12H2,1-2H3. The molecule has 0 saturated carbocycles. The SMILES string of the molecule is COc1ccc(S(=O)(=O)NCCCSC)c(N)c1. The molecule has 102 valence electrons. The fourth-order valence-corrected chi connectivity index (χ4v) is 3.02. The molecule has 0 bridgehead atoms. The van der Waals surface area contributed by atoms with Gasteiger partial charge in [0, 0.05) is 12.6 Å². The highest BCUT2D eigenvalue weighted by atomic mass is 32.2. The summed E-state index contributed by atoms with van der Waals surface area (Å²) in [6, 6.07) is 4.52. The van der Waals surface area contributed by atoms with E-state index in [1.807, 2.05) is 6.26 Å². The second-order valence-corrected chi connectivity index (χ2v) is 6.37. The normalized spacial score (nSPS) is 11.4. The molecule has 0 saturated heterocycles. The van der Waals surface area contributed by atoms with Gasteiger partial charge < -0.3 is 10.5 Å². The Bertz CT molecular complexity index is 489. The topological polar surface area (TPSA) is 81.4 Å². The predicted molar refractivity (Wildman–Crippen MR) is 75.6 cm³/mol. The Hall–Kier alpha value is -0.920. The number of methoxy groups -OCH3 is 1. The quantitative estimate of drug-likeness (QED) is 0.584. The van der Waals surface area contributed by atoms with Gasteiger partial charge in [-0.3, -0.25) is 0 Å². The minimum absolute atomic E-state index is 0.0902. The highest BCUT2D eigenvalue weighted by molar-refractivity contribution is 7.98. The summed E-state index contributed by atoms with van der Waals surface area (Å²) in [6.07, 6.45) is 2.77. The fraction of sp³-hybridized carbons (Fsp3) is 0.455. The maximum Gasteiger partial charge on any atom is 0.242 e. The third-order valence-corrected chi connectivity index (χ3v) is 4.56. The Morgan fingerprint density at radius 1 is 1.44 bits per heavy atom. The number of nitrogen functional groups attached to an aromatic ring is 1. The summed E-state index contributed by atoms with van der Waals surface area (Å²) in [4.78, 5) is 0.0902. The van der Waals surface area contributed by atoms with Gasteiger partial charge in [0.15, 0.2) is 0 Å². The van der Waals surface area contributed by atoms with E-state index in [2.05, 4.69) is 4.72 Å². The van der Waals surface area contributed by atoms with Gasteiger partial charge in [0.05, 0.1) is 12.8 Å². The van der Waals surface area contributed by atoms with Crippen LogP contribution < -0.4 is 15.2 Å². The molecule has 0 aliphatic heterocycles. The number of nitrogens with one attached hydrogen (secondary N) is 1. The van der Waals surface area contributed by atoms with Gasteiger partial charge in [-0.2, -0.15) is 11.8 Å². The molecule has 1 rings (SSSR count). The van der Waals surface area contributed by atoms with Crippen LogP contribution in [-0.4, -0.2) is 34.1 Å². The zero-order valence-corrected chi connectivity index (χ0v) is 12.1. The Kier molecular flexibility index (Phi) is 5.77. The molecule has 7 heteroatoms. The lowest BCUT2D eigenvalue weighted by atomic mass is 10.3. The van der Waals surface area contributed by atoms with Gasteiger partial charge in [0.1, 0.15) is 10.6 Å². The van der Waals surface area contributed by atoms with Crippen molar-refractivity contribution in [3.8, 4) is 5.75 Å². The molecular formula is C11H18N2O3S2. The van der Waals surface area contributed by atoms with Crippen molar-refractivity contribution in [3.05, 3.63) is 18.2 Å². The minimum atomic E-state index is -3.54. The number of nitrogens with two attached hydrogens (primary N) is 1. The average molecular weight is 290 g/mol. The molecule has 0 amide bonds. The van der Waals surface area contributed by atoms with Crippen LogP contribution >= 0.6 is 11.8 Å². The molecule has 0 spiro atoms. The van der Waals surface area contributed by atoms with E-state index < -0.39 is 10.0 Å². The minimum Gasteiger partial charge on any atom is -0.497 e. The third kappa shape index (κ3) is 4.08. The molecule has 0 heterocycles. The molecule has 1 aromatic carbocycles. The largest absolute Gasteiger partial charge is 0.497 e. The molecule has 0 radical (unpaired) electrons. The zero-order valence-electron chi connectivity index (χ0n) is 10.5. The molecule has 0 aliphatic carbocycles. The van der Waals surface area contributed by atoms with Gasteiger partial charge in [-0.15, -0.1) is 0 Å². The molecule has 5 nitrogen and oxygen atoms in total. The number of sulfonamides is 1. The van der Waals surface area contributed by atoms with Crippen molar-refractivity contribution in [2.75, 3.05) is 31.4 Å². The van der Waals surface area contributed by atoms with Crippen LogP contribution in [0, 0.1) is 0 Å². The van der Waals surface area contributed by atoms with E-state index in [-0.39, 0.29) is 10.6 Å². The van der Waals surface area contributed by atoms with Crippen LogP contribution in [-0.2, 0) is 10.0 Å². The van der Waals surface area contributed by atoms with E-state index in [9.17, 15) is 8.42 Å². The first-order valence-corrected chi connectivity index (χ1v) is 8.31. The Morgan fingerprint density at radius 2 is 2.17 bits per heavy atom. The number of thioether (sulfide) groups is 1. The number of ether oxygens (including phenoxy) is 1. The van der Waals surface area contributed by atoms with Gasteiger partial charge in [0.25, 0.3) is 0 Å². The first-order chi connectivity index (χ1) is 8.51. The summed E-state index contributed by atoms with van der Waals surface area (Å²) in [5.41, 5.74) is 5.90. The average Bonchev–Trinajstić information content (AvgIpc) is 2.34. The number of rotatable bonds is 7. The first kappa shape index (κ1) is 15.1. The molecule has 3 N–H and O–H groups in total. The second kappa shape index (κ2) is 6.86. The zero-order chi connectivity index (χ0) is 13.6. The molecule has 0 aromatic heterocycles. The highest BCUT2D eigenvalue weighted by Crippen LogP contribution is 2.23. The molecule has 0 fully saturated rings. The fourth-order valence-electron chi connectivity index (χ4n) is 1.40.